The van der Waals surface area contributed by atoms with Crippen molar-refractivity contribution < 1.29 is 9.90 Å². The molecule has 0 aromatic carbocycles. The Morgan fingerprint density at radius 3 is 2.47 bits per heavy atom. The lowest BCUT2D eigenvalue weighted by molar-refractivity contribution is -0.136. The lowest BCUT2D eigenvalue weighted by Crippen LogP contribution is -2.30. The third kappa shape index (κ3) is 3.15. The molecule has 0 fully saturated rings. The minimum Gasteiger partial charge on any atom is -0.481 e. The number of nitrogens with zero attached hydrogens (tertiary/aromatic N) is 2. The number of carboxylic acids is 1. The van der Waals surface area contributed by atoms with Crippen molar-refractivity contribution in [3.63, 3.8) is 0 Å². The van der Waals surface area contributed by atoms with Crippen LogP contribution in [0.1, 0.15) is 30.8 Å². The molecular formula is C12H18N2O3. The zero-order chi connectivity index (χ0) is 13.2. The third-order valence-corrected chi connectivity index (χ3v) is 2.65. The molecule has 1 rings (SSSR count). The van der Waals surface area contributed by atoms with E-state index in [4.69, 9.17) is 5.11 Å². The number of aryl methyl sites for hydroxylation is 1. The lowest BCUT2D eigenvalue weighted by Gasteiger charge is -2.15. The summed E-state index contributed by atoms with van der Waals surface area (Å²) in [6.45, 7) is 8.01. The molecule has 1 heterocycles. The van der Waals surface area contributed by atoms with Crippen molar-refractivity contribution in [3.8, 4) is 0 Å². The first-order valence-electron chi connectivity index (χ1n) is 5.61. The SMILES string of the molecule is Cc1nc(=O)n(CC(C)C)c(C)c1CC(=O)O. The molecule has 0 bridgehead atoms. The van der Waals surface area contributed by atoms with E-state index in [0.29, 0.717) is 29.4 Å². The van der Waals surface area contributed by atoms with Crippen LogP contribution in [0.2, 0.25) is 0 Å². The molecule has 0 spiro atoms. The molecule has 94 valence electrons. The van der Waals surface area contributed by atoms with Gasteiger partial charge in [-0.3, -0.25) is 9.36 Å². The van der Waals surface area contributed by atoms with Gasteiger partial charge < -0.3 is 5.11 Å². The molecule has 0 saturated carbocycles. The molecule has 1 aromatic rings. The van der Waals surface area contributed by atoms with Gasteiger partial charge in [0.15, 0.2) is 0 Å². The van der Waals surface area contributed by atoms with Crippen LogP contribution in [-0.2, 0) is 17.8 Å². The van der Waals surface area contributed by atoms with Gasteiger partial charge in [0.25, 0.3) is 0 Å². The van der Waals surface area contributed by atoms with Gasteiger partial charge in [0, 0.05) is 23.5 Å². The molecule has 0 aliphatic carbocycles. The minimum absolute atomic E-state index is 0.0942. The van der Waals surface area contributed by atoms with Gasteiger partial charge >= 0.3 is 11.7 Å². The summed E-state index contributed by atoms with van der Waals surface area (Å²) in [5, 5.41) is 8.84. The normalized spacial score (nSPS) is 10.9. The highest BCUT2D eigenvalue weighted by molar-refractivity contribution is 5.70. The summed E-state index contributed by atoms with van der Waals surface area (Å²) >= 11 is 0. The van der Waals surface area contributed by atoms with Gasteiger partial charge in [0.05, 0.1) is 6.42 Å². The Bertz CT molecular complexity index is 489. The van der Waals surface area contributed by atoms with Gasteiger partial charge in [-0.1, -0.05) is 13.8 Å². The topological polar surface area (TPSA) is 72.2 Å². The number of carboxylic acid groups (broad SMARTS) is 1. The minimum atomic E-state index is -0.909. The average molecular weight is 238 g/mol. The molecule has 5 nitrogen and oxygen atoms in total. The number of rotatable bonds is 4. The zero-order valence-electron chi connectivity index (χ0n) is 10.6. The van der Waals surface area contributed by atoms with E-state index in [0.717, 1.165) is 0 Å². The molecule has 0 atom stereocenters. The monoisotopic (exact) mass is 238 g/mol. The fourth-order valence-electron chi connectivity index (χ4n) is 1.83. The Balaban J connectivity index is 3.32. The van der Waals surface area contributed by atoms with E-state index in [1.54, 1.807) is 18.4 Å². The van der Waals surface area contributed by atoms with Gasteiger partial charge in [0.1, 0.15) is 0 Å². The van der Waals surface area contributed by atoms with Crippen molar-refractivity contribution in [2.24, 2.45) is 5.92 Å². The van der Waals surface area contributed by atoms with Crippen LogP contribution in [0.5, 0.6) is 0 Å². The van der Waals surface area contributed by atoms with Crippen molar-refractivity contribution in [2.75, 3.05) is 0 Å². The summed E-state index contributed by atoms with van der Waals surface area (Å²) in [6.07, 6.45) is -0.0942. The van der Waals surface area contributed by atoms with Crippen LogP contribution in [0, 0.1) is 19.8 Å². The van der Waals surface area contributed by atoms with Crippen LogP contribution in [-0.4, -0.2) is 20.6 Å². The summed E-state index contributed by atoms with van der Waals surface area (Å²) in [5.74, 6) is -0.596. The maximum Gasteiger partial charge on any atom is 0.347 e. The van der Waals surface area contributed by atoms with Crippen molar-refractivity contribution in [3.05, 3.63) is 27.4 Å². The summed E-state index contributed by atoms with van der Waals surface area (Å²) < 4.78 is 1.55. The summed E-state index contributed by atoms with van der Waals surface area (Å²) in [7, 11) is 0. The van der Waals surface area contributed by atoms with E-state index < -0.39 is 5.97 Å². The second-order valence-electron chi connectivity index (χ2n) is 4.62. The van der Waals surface area contributed by atoms with Gasteiger partial charge in [-0.15, -0.1) is 0 Å². The van der Waals surface area contributed by atoms with Crippen molar-refractivity contribution in [1.29, 1.82) is 0 Å². The van der Waals surface area contributed by atoms with Crippen LogP contribution in [0.15, 0.2) is 4.79 Å². The largest absolute Gasteiger partial charge is 0.481 e. The van der Waals surface area contributed by atoms with Crippen LogP contribution in [0.4, 0.5) is 0 Å². The molecule has 0 unspecified atom stereocenters. The molecule has 0 saturated heterocycles. The highest BCUT2D eigenvalue weighted by atomic mass is 16.4. The highest BCUT2D eigenvalue weighted by Crippen LogP contribution is 2.11. The van der Waals surface area contributed by atoms with E-state index in [1.807, 2.05) is 13.8 Å². The number of aromatic nitrogens is 2. The van der Waals surface area contributed by atoms with Crippen molar-refractivity contribution in [2.45, 2.75) is 40.7 Å². The molecule has 17 heavy (non-hydrogen) atoms. The van der Waals surface area contributed by atoms with Gasteiger partial charge in [-0.25, -0.2) is 4.79 Å². The first-order valence-corrected chi connectivity index (χ1v) is 5.61. The van der Waals surface area contributed by atoms with E-state index in [-0.39, 0.29) is 12.1 Å². The third-order valence-electron chi connectivity index (χ3n) is 2.65. The maximum absolute atomic E-state index is 11.7. The molecule has 0 aliphatic rings. The average Bonchev–Trinajstić information content (AvgIpc) is 2.18. The van der Waals surface area contributed by atoms with Crippen LogP contribution < -0.4 is 5.69 Å². The van der Waals surface area contributed by atoms with Crippen LogP contribution in [0.3, 0.4) is 0 Å². The first kappa shape index (κ1) is 13.4. The Morgan fingerprint density at radius 2 is 2.00 bits per heavy atom. The predicted molar refractivity (Wildman–Crippen MR) is 64.1 cm³/mol. The molecule has 0 amide bonds. The summed E-state index contributed by atoms with van der Waals surface area (Å²) in [4.78, 5) is 26.4. The van der Waals surface area contributed by atoms with E-state index >= 15 is 0 Å². The molecule has 1 aromatic heterocycles. The second kappa shape index (κ2) is 5.12. The predicted octanol–water partition coefficient (Wildman–Crippen LogP) is 1.14. The van der Waals surface area contributed by atoms with Gasteiger partial charge in [0.2, 0.25) is 0 Å². The molecular weight excluding hydrogens is 220 g/mol. The van der Waals surface area contributed by atoms with E-state index in [2.05, 4.69) is 4.98 Å². The first-order chi connectivity index (χ1) is 7.82. The van der Waals surface area contributed by atoms with Gasteiger partial charge in [-0.05, 0) is 19.8 Å². The Hall–Kier alpha value is -1.65. The zero-order valence-corrected chi connectivity index (χ0v) is 10.6. The second-order valence-corrected chi connectivity index (χ2v) is 4.62. The number of hydrogen-bond acceptors (Lipinski definition) is 3. The Morgan fingerprint density at radius 1 is 1.41 bits per heavy atom. The van der Waals surface area contributed by atoms with E-state index in [9.17, 15) is 9.59 Å². The Kier molecular flexibility index (Phi) is 4.04. The Labute approximate surface area is 100 Å². The maximum atomic E-state index is 11.7. The molecule has 5 heteroatoms. The lowest BCUT2D eigenvalue weighted by atomic mass is 10.1. The number of aliphatic carboxylic acids is 1. The van der Waals surface area contributed by atoms with Gasteiger partial charge in [-0.2, -0.15) is 4.98 Å². The van der Waals surface area contributed by atoms with Crippen LogP contribution in [0.25, 0.3) is 0 Å². The fourth-order valence-corrected chi connectivity index (χ4v) is 1.83. The molecule has 0 aliphatic heterocycles. The van der Waals surface area contributed by atoms with E-state index in [1.165, 1.54) is 0 Å². The fraction of sp³-hybridized carbons (Fsp3) is 0.583. The number of carbonyl (C=O) groups is 1. The quantitative estimate of drug-likeness (QED) is 0.853. The molecule has 0 radical (unpaired) electrons. The molecule has 1 N–H and O–H groups in total. The highest BCUT2D eigenvalue weighted by Gasteiger charge is 2.14. The summed E-state index contributed by atoms with van der Waals surface area (Å²) in [5.41, 5.74) is 1.55. The number of hydrogen-bond donors (Lipinski definition) is 1. The smallest absolute Gasteiger partial charge is 0.347 e. The standard InChI is InChI=1S/C12H18N2O3/c1-7(2)6-14-9(4)10(5-11(15)16)8(3)13-12(14)17/h7H,5-6H2,1-4H3,(H,15,16). The van der Waals surface area contributed by atoms with Crippen molar-refractivity contribution in [1.82, 2.24) is 9.55 Å². The van der Waals surface area contributed by atoms with Crippen LogP contribution >= 0.6 is 0 Å². The van der Waals surface area contributed by atoms with Crippen molar-refractivity contribution >= 4 is 5.97 Å². The summed E-state index contributed by atoms with van der Waals surface area (Å²) in [6, 6.07) is 0.